The largest absolute Gasteiger partial charge is 0.357 e. The number of aryl methyl sites for hydroxylation is 1. The van der Waals surface area contributed by atoms with Crippen LogP contribution in [0.2, 0.25) is 0 Å². The summed E-state index contributed by atoms with van der Waals surface area (Å²) in [5.41, 5.74) is 1.13. The summed E-state index contributed by atoms with van der Waals surface area (Å²) in [6, 6.07) is 0. The number of anilines is 2. The van der Waals surface area contributed by atoms with Gasteiger partial charge in [0.2, 0.25) is 5.95 Å². The highest BCUT2D eigenvalue weighted by molar-refractivity contribution is 5.48. The van der Waals surface area contributed by atoms with Gasteiger partial charge < -0.3 is 10.2 Å². The fourth-order valence-electron chi connectivity index (χ4n) is 2.00. The second kappa shape index (κ2) is 6.57. The highest BCUT2D eigenvalue weighted by Gasteiger charge is 2.15. The molecule has 0 saturated carbocycles. The number of nitrogens with zero attached hydrogens (tertiary/aromatic N) is 3. The smallest absolute Gasteiger partial charge is 0.224 e. The van der Waals surface area contributed by atoms with Gasteiger partial charge in [-0.15, -0.1) is 0 Å². The molecule has 0 saturated heterocycles. The summed E-state index contributed by atoms with van der Waals surface area (Å²) < 4.78 is 0. The van der Waals surface area contributed by atoms with E-state index in [0.29, 0.717) is 17.8 Å². The minimum Gasteiger partial charge on any atom is -0.357 e. The second-order valence-corrected chi connectivity index (χ2v) is 5.64. The van der Waals surface area contributed by atoms with Crippen LogP contribution in [-0.2, 0) is 0 Å². The molecule has 0 bridgehead atoms. The molecule has 1 aromatic rings. The molecule has 0 fully saturated rings. The van der Waals surface area contributed by atoms with E-state index in [1.54, 1.807) is 0 Å². The highest BCUT2D eigenvalue weighted by Crippen LogP contribution is 2.20. The zero-order valence-corrected chi connectivity index (χ0v) is 12.5. The van der Waals surface area contributed by atoms with Crippen molar-refractivity contribution in [2.24, 2.45) is 11.8 Å². The van der Waals surface area contributed by atoms with Crippen LogP contribution in [0.25, 0.3) is 0 Å². The lowest BCUT2D eigenvalue weighted by Crippen LogP contribution is -2.32. The summed E-state index contributed by atoms with van der Waals surface area (Å²) in [6.07, 6.45) is 1.89. The maximum absolute atomic E-state index is 4.60. The predicted molar refractivity (Wildman–Crippen MR) is 78.2 cm³/mol. The van der Waals surface area contributed by atoms with Crippen molar-refractivity contribution in [3.63, 3.8) is 0 Å². The van der Waals surface area contributed by atoms with Crippen molar-refractivity contribution in [2.75, 3.05) is 30.4 Å². The van der Waals surface area contributed by atoms with Gasteiger partial charge in [-0.2, -0.15) is 4.98 Å². The molecule has 102 valence electrons. The van der Waals surface area contributed by atoms with Gasteiger partial charge in [0.1, 0.15) is 5.82 Å². The molecule has 4 nitrogen and oxygen atoms in total. The van der Waals surface area contributed by atoms with Gasteiger partial charge >= 0.3 is 0 Å². The van der Waals surface area contributed by atoms with E-state index < -0.39 is 0 Å². The van der Waals surface area contributed by atoms with Gasteiger partial charge in [0.15, 0.2) is 0 Å². The molecule has 0 spiro atoms. The quantitative estimate of drug-likeness (QED) is 0.843. The van der Waals surface area contributed by atoms with Crippen molar-refractivity contribution in [3.8, 4) is 0 Å². The van der Waals surface area contributed by atoms with E-state index in [0.717, 1.165) is 24.5 Å². The van der Waals surface area contributed by atoms with Gasteiger partial charge in [0, 0.05) is 31.9 Å². The number of nitrogens with one attached hydrogen (secondary N) is 1. The summed E-state index contributed by atoms with van der Waals surface area (Å²) in [6.45, 7) is 13.1. The standard InChI is InChI=1S/C14H26N4/c1-10(2)8-18(9-11(3)4)13-12(5)7-16-14(15-6)17-13/h7,10-11H,8-9H2,1-6H3,(H,15,16,17). The van der Waals surface area contributed by atoms with Crippen molar-refractivity contribution in [2.45, 2.75) is 34.6 Å². The molecule has 1 heterocycles. The number of rotatable bonds is 6. The summed E-state index contributed by atoms with van der Waals surface area (Å²) >= 11 is 0. The maximum Gasteiger partial charge on any atom is 0.224 e. The molecular weight excluding hydrogens is 224 g/mol. The first-order chi connectivity index (χ1) is 8.43. The second-order valence-electron chi connectivity index (χ2n) is 5.64. The summed E-state index contributed by atoms with van der Waals surface area (Å²) in [5.74, 6) is 2.98. The van der Waals surface area contributed by atoms with Crippen molar-refractivity contribution >= 4 is 11.8 Å². The molecule has 4 heteroatoms. The Balaban J connectivity index is 3.02. The SMILES string of the molecule is CNc1ncc(C)c(N(CC(C)C)CC(C)C)n1. The Morgan fingerprint density at radius 3 is 2.17 bits per heavy atom. The van der Waals surface area contributed by atoms with E-state index in [4.69, 9.17) is 0 Å². The molecule has 0 amide bonds. The Kier molecular flexibility index (Phi) is 5.38. The Hall–Kier alpha value is -1.32. The van der Waals surface area contributed by atoms with E-state index in [9.17, 15) is 0 Å². The van der Waals surface area contributed by atoms with Crippen LogP contribution in [0.15, 0.2) is 6.20 Å². The van der Waals surface area contributed by atoms with Crippen molar-refractivity contribution in [1.82, 2.24) is 9.97 Å². The van der Waals surface area contributed by atoms with Crippen molar-refractivity contribution in [3.05, 3.63) is 11.8 Å². The van der Waals surface area contributed by atoms with E-state index in [2.05, 4.69) is 54.8 Å². The molecule has 0 aliphatic carbocycles. The third-order valence-electron chi connectivity index (χ3n) is 2.64. The maximum atomic E-state index is 4.60. The average molecular weight is 250 g/mol. The molecular formula is C14H26N4. The zero-order chi connectivity index (χ0) is 13.7. The van der Waals surface area contributed by atoms with Crippen molar-refractivity contribution < 1.29 is 0 Å². The van der Waals surface area contributed by atoms with Crippen molar-refractivity contribution in [1.29, 1.82) is 0 Å². The lowest BCUT2D eigenvalue weighted by atomic mass is 10.1. The third-order valence-corrected chi connectivity index (χ3v) is 2.64. The summed E-state index contributed by atoms with van der Waals surface area (Å²) in [7, 11) is 1.85. The molecule has 0 aliphatic rings. The number of hydrogen-bond acceptors (Lipinski definition) is 4. The minimum absolute atomic E-state index is 0.621. The third kappa shape index (κ3) is 4.17. The molecule has 0 unspecified atom stereocenters. The van der Waals surface area contributed by atoms with Gasteiger partial charge in [-0.25, -0.2) is 4.98 Å². The van der Waals surface area contributed by atoms with Gasteiger partial charge in [-0.3, -0.25) is 0 Å². The van der Waals surface area contributed by atoms with E-state index in [1.807, 2.05) is 13.2 Å². The van der Waals surface area contributed by atoms with Crippen LogP contribution in [-0.4, -0.2) is 30.1 Å². The lowest BCUT2D eigenvalue weighted by molar-refractivity contribution is 0.547. The molecule has 1 rings (SSSR count). The lowest BCUT2D eigenvalue weighted by Gasteiger charge is -2.28. The molecule has 0 aromatic carbocycles. The average Bonchev–Trinajstić information content (AvgIpc) is 2.27. The fraction of sp³-hybridized carbons (Fsp3) is 0.714. The van der Waals surface area contributed by atoms with Gasteiger partial charge in [-0.05, 0) is 18.8 Å². The normalized spacial score (nSPS) is 11.1. The minimum atomic E-state index is 0.621. The fourth-order valence-corrected chi connectivity index (χ4v) is 2.00. The summed E-state index contributed by atoms with van der Waals surface area (Å²) in [5, 5.41) is 3.01. The van der Waals surface area contributed by atoms with Crippen LogP contribution in [0.1, 0.15) is 33.3 Å². The van der Waals surface area contributed by atoms with Crippen LogP contribution in [0.4, 0.5) is 11.8 Å². The molecule has 18 heavy (non-hydrogen) atoms. The van der Waals surface area contributed by atoms with Gasteiger partial charge in [0.05, 0.1) is 0 Å². The van der Waals surface area contributed by atoms with Crippen LogP contribution in [0.3, 0.4) is 0 Å². The monoisotopic (exact) mass is 250 g/mol. The highest BCUT2D eigenvalue weighted by atomic mass is 15.2. The van der Waals surface area contributed by atoms with Gasteiger partial charge in [-0.1, -0.05) is 27.7 Å². The van der Waals surface area contributed by atoms with Crippen LogP contribution in [0.5, 0.6) is 0 Å². The number of aromatic nitrogens is 2. The molecule has 0 aliphatic heterocycles. The molecule has 0 radical (unpaired) electrons. The van der Waals surface area contributed by atoms with Crippen LogP contribution in [0, 0.1) is 18.8 Å². The Bertz CT molecular complexity index is 364. The molecule has 0 atom stereocenters. The van der Waals surface area contributed by atoms with Gasteiger partial charge in [0.25, 0.3) is 0 Å². The van der Waals surface area contributed by atoms with E-state index in [-0.39, 0.29) is 0 Å². The Morgan fingerprint density at radius 2 is 1.72 bits per heavy atom. The first-order valence-electron chi connectivity index (χ1n) is 6.70. The zero-order valence-electron chi connectivity index (χ0n) is 12.5. The molecule has 1 N–H and O–H groups in total. The van der Waals surface area contributed by atoms with Crippen LogP contribution >= 0.6 is 0 Å². The predicted octanol–water partition coefficient (Wildman–Crippen LogP) is 2.95. The summed E-state index contributed by atoms with van der Waals surface area (Å²) in [4.78, 5) is 11.2. The first-order valence-corrected chi connectivity index (χ1v) is 6.70. The topological polar surface area (TPSA) is 41.1 Å². The van der Waals surface area contributed by atoms with E-state index in [1.165, 1.54) is 0 Å². The Morgan fingerprint density at radius 1 is 1.17 bits per heavy atom. The Labute approximate surface area is 111 Å². The number of hydrogen-bond donors (Lipinski definition) is 1. The van der Waals surface area contributed by atoms with Crippen LogP contribution < -0.4 is 10.2 Å². The molecule has 1 aromatic heterocycles. The first kappa shape index (κ1) is 14.7. The van der Waals surface area contributed by atoms with E-state index >= 15 is 0 Å².